The first-order valence-corrected chi connectivity index (χ1v) is 5.79. The van der Waals surface area contributed by atoms with Crippen molar-refractivity contribution < 1.29 is 0 Å². The van der Waals surface area contributed by atoms with Crippen LogP contribution in [0, 0.1) is 17.2 Å². The van der Waals surface area contributed by atoms with Crippen LogP contribution >= 0.6 is 0 Å². The lowest BCUT2D eigenvalue weighted by Gasteiger charge is -2.20. The quantitative estimate of drug-likeness (QED) is 0.842. The van der Waals surface area contributed by atoms with Crippen molar-refractivity contribution in [2.45, 2.75) is 38.6 Å². The van der Waals surface area contributed by atoms with Crippen LogP contribution in [0.25, 0.3) is 0 Å². The van der Waals surface area contributed by atoms with E-state index in [1.54, 1.807) is 12.3 Å². The molecule has 1 aromatic heterocycles. The molecule has 1 N–H and O–H groups in total. The van der Waals surface area contributed by atoms with E-state index < -0.39 is 0 Å². The monoisotopic (exact) mass is 216 g/mol. The molecule has 2 rings (SSSR count). The highest BCUT2D eigenvalue weighted by atomic mass is 15.2. The summed E-state index contributed by atoms with van der Waals surface area (Å²) in [5.74, 6) is 1.32. The Balaban J connectivity index is 2.05. The van der Waals surface area contributed by atoms with Gasteiger partial charge in [-0.05, 0) is 31.7 Å². The van der Waals surface area contributed by atoms with Gasteiger partial charge in [0.25, 0.3) is 0 Å². The maximum absolute atomic E-state index is 8.94. The van der Waals surface area contributed by atoms with E-state index in [1.807, 2.05) is 0 Å². The molecule has 84 valence electrons. The third kappa shape index (κ3) is 2.30. The standard InChI is InChI=1S/C12H16N4/c1-9(10-4-2-3-5-10)15-12-11(8-13)6-7-14-16-12/h6-7,9-10H,2-5H2,1H3,(H,15,16). The average molecular weight is 216 g/mol. The number of aromatic nitrogens is 2. The molecular weight excluding hydrogens is 200 g/mol. The highest BCUT2D eigenvalue weighted by molar-refractivity contribution is 5.50. The van der Waals surface area contributed by atoms with Gasteiger partial charge in [-0.3, -0.25) is 0 Å². The minimum atomic E-state index is 0.367. The predicted octanol–water partition coefficient (Wildman–Crippen LogP) is 2.34. The zero-order valence-electron chi connectivity index (χ0n) is 9.48. The molecule has 0 spiro atoms. The van der Waals surface area contributed by atoms with Gasteiger partial charge in [0, 0.05) is 6.04 Å². The van der Waals surface area contributed by atoms with Crippen molar-refractivity contribution in [2.75, 3.05) is 5.32 Å². The van der Waals surface area contributed by atoms with Gasteiger partial charge in [0.05, 0.1) is 11.8 Å². The van der Waals surface area contributed by atoms with E-state index in [4.69, 9.17) is 5.26 Å². The molecule has 4 nitrogen and oxygen atoms in total. The third-order valence-electron chi connectivity index (χ3n) is 3.31. The molecule has 0 radical (unpaired) electrons. The van der Waals surface area contributed by atoms with E-state index in [9.17, 15) is 0 Å². The first-order chi connectivity index (χ1) is 7.81. The number of hydrogen-bond donors (Lipinski definition) is 1. The number of anilines is 1. The van der Waals surface area contributed by atoms with Crippen molar-refractivity contribution in [3.05, 3.63) is 17.8 Å². The Kier molecular flexibility index (Phi) is 3.35. The molecule has 1 aromatic rings. The van der Waals surface area contributed by atoms with Gasteiger partial charge in [0.1, 0.15) is 6.07 Å². The summed E-state index contributed by atoms with van der Waals surface area (Å²) in [4.78, 5) is 0. The minimum Gasteiger partial charge on any atom is -0.365 e. The fraction of sp³-hybridized carbons (Fsp3) is 0.583. The highest BCUT2D eigenvalue weighted by Crippen LogP contribution is 2.29. The van der Waals surface area contributed by atoms with Crippen LogP contribution in [0.1, 0.15) is 38.2 Å². The molecule has 0 saturated heterocycles. The number of nitriles is 1. The van der Waals surface area contributed by atoms with Crippen LogP contribution < -0.4 is 5.32 Å². The summed E-state index contributed by atoms with van der Waals surface area (Å²) in [7, 11) is 0. The van der Waals surface area contributed by atoms with Gasteiger partial charge in [0.2, 0.25) is 0 Å². The Bertz CT molecular complexity index is 390. The number of hydrogen-bond acceptors (Lipinski definition) is 4. The zero-order valence-corrected chi connectivity index (χ0v) is 9.48. The minimum absolute atomic E-state index is 0.367. The topological polar surface area (TPSA) is 61.6 Å². The van der Waals surface area contributed by atoms with E-state index in [0.29, 0.717) is 23.3 Å². The first-order valence-electron chi connectivity index (χ1n) is 5.79. The van der Waals surface area contributed by atoms with Crippen molar-refractivity contribution in [2.24, 2.45) is 5.92 Å². The molecule has 4 heteroatoms. The summed E-state index contributed by atoms with van der Waals surface area (Å²) in [5.41, 5.74) is 0.569. The van der Waals surface area contributed by atoms with Gasteiger partial charge in [-0.25, -0.2) is 0 Å². The van der Waals surface area contributed by atoms with E-state index >= 15 is 0 Å². The molecule has 1 unspecified atom stereocenters. The predicted molar refractivity (Wildman–Crippen MR) is 61.8 cm³/mol. The summed E-state index contributed by atoms with van der Waals surface area (Å²) in [6, 6.07) is 4.18. The van der Waals surface area contributed by atoms with Crippen LogP contribution in [0.15, 0.2) is 12.3 Å². The van der Waals surface area contributed by atoms with Gasteiger partial charge in [-0.1, -0.05) is 12.8 Å². The first kappa shape index (κ1) is 10.9. The summed E-state index contributed by atoms with van der Waals surface area (Å²) >= 11 is 0. The van der Waals surface area contributed by atoms with E-state index in [1.165, 1.54) is 25.7 Å². The molecule has 1 aliphatic rings. The summed E-state index contributed by atoms with van der Waals surface area (Å²) in [5, 5.41) is 20.0. The number of rotatable bonds is 3. The Morgan fingerprint density at radius 3 is 2.94 bits per heavy atom. The third-order valence-corrected chi connectivity index (χ3v) is 3.31. The molecule has 1 fully saturated rings. The van der Waals surface area contributed by atoms with Crippen molar-refractivity contribution in [1.29, 1.82) is 5.26 Å². The summed E-state index contributed by atoms with van der Waals surface area (Å²) in [6.07, 6.45) is 6.74. The Hall–Kier alpha value is -1.63. The maximum atomic E-state index is 8.94. The lowest BCUT2D eigenvalue weighted by Crippen LogP contribution is -2.25. The van der Waals surface area contributed by atoms with Gasteiger partial charge in [-0.2, -0.15) is 10.4 Å². The van der Waals surface area contributed by atoms with Crippen molar-refractivity contribution in [3.8, 4) is 6.07 Å². The Morgan fingerprint density at radius 2 is 2.25 bits per heavy atom. The normalized spacial score (nSPS) is 18.0. The maximum Gasteiger partial charge on any atom is 0.166 e. The fourth-order valence-corrected chi connectivity index (χ4v) is 2.32. The van der Waals surface area contributed by atoms with Gasteiger partial charge in [0.15, 0.2) is 5.82 Å². The van der Waals surface area contributed by atoms with Gasteiger partial charge >= 0.3 is 0 Å². The van der Waals surface area contributed by atoms with Crippen molar-refractivity contribution in [1.82, 2.24) is 10.2 Å². The zero-order chi connectivity index (χ0) is 11.4. The smallest absolute Gasteiger partial charge is 0.166 e. The molecule has 0 aromatic carbocycles. The van der Waals surface area contributed by atoms with E-state index in [2.05, 4.69) is 28.5 Å². The van der Waals surface area contributed by atoms with Gasteiger partial charge in [-0.15, -0.1) is 5.10 Å². The SMILES string of the molecule is CC(Nc1nnccc1C#N)C1CCCC1. The molecule has 1 aliphatic carbocycles. The number of nitrogens with one attached hydrogen (secondary N) is 1. The lowest BCUT2D eigenvalue weighted by molar-refractivity contribution is 0.480. The van der Waals surface area contributed by atoms with Crippen molar-refractivity contribution >= 4 is 5.82 Å². The molecular formula is C12H16N4. The fourth-order valence-electron chi connectivity index (χ4n) is 2.32. The Labute approximate surface area is 95.7 Å². The van der Waals surface area contributed by atoms with Crippen LogP contribution in [0.3, 0.4) is 0 Å². The molecule has 16 heavy (non-hydrogen) atoms. The van der Waals surface area contributed by atoms with Crippen LogP contribution in [0.4, 0.5) is 5.82 Å². The van der Waals surface area contributed by atoms with Crippen LogP contribution in [0.2, 0.25) is 0 Å². The second kappa shape index (κ2) is 4.93. The molecule has 0 bridgehead atoms. The van der Waals surface area contributed by atoms with Crippen LogP contribution in [-0.4, -0.2) is 16.2 Å². The molecule has 0 amide bonds. The highest BCUT2D eigenvalue weighted by Gasteiger charge is 2.22. The summed E-state index contributed by atoms with van der Waals surface area (Å²) < 4.78 is 0. The van der Waals surface area contributed by atoms with E-state index in [0.717, 1.165) is 0 Å². The molecule has 0 aliphatic heterocycles. The molecule has 1 atom stereocenters. The molecule has 1 saturated carbocycles. The summed E-state index contributed by atoms with van der Waals surface area (Å²) in [6.45, 7) is 2.16. The largest absolute Gasteiger partial charge is 0.365 e. The second-order valence-corrected chi connectivity index (χ2v) is 4.38. The average Bonchev–Trinajstić information content (AvgIpc) is 2.83. The Morgan fingerprint density at radius 1 is 1.50 bits per heavy atom. The number of nitrogens with zero attached hydrogens (tertiary/aromatic N) is 3. The van der Waals surface area contributed by atoms with Crippen LogP contribution in [0.5, 0.6) is 0 Å². The van der Waals surface area contributed by atoms with Crippen molar-refractivity contribution in [3.63, 3.8) is 0 Å². The second-order valence-electron chi connectivity index (χ2n) is 4.38. The van der Waals surface area contributed by atoms with Gasteiger partial charge < -0.3 is 5.32 Å². The van der Waals surface area contributed by atoms with Crippen LogP contribution in [-0.2, 0) is 0 Å². The lowest BCUT2D eigenvalue weighted by atomic mass is 10.00. The molecule has 1 heterocycles. The van der Waals surface area contributed by atoms with E-state index in [-0.39, 0.29) is 0 Å².